The van der Waals surface area contributed by atoms with Crippen molar-refractivity contribution in [1.29, 1.82) is 5.26 Å². The first-order valence-corrected chi connectivity index (χ1v) is 6.61. The second kappa shape index (κ2) is 7.72. The fraction of sp³-hybridized carbons (Fsp3) is 0.385. The van der Waals surface area contributed by atoms with Gasteiger partial charge in [0.05, 0.1) is 12.5 Å². The zero-order chi connectivity index (χ0) is 13.4. The van der Waals surface area contributed by atoms with Gasteiger partial charge in [-0.15, -0.1) is 11.8 Å². The van der Waals surface area contributed by atoms with Crippen LogP contribution in [-0.4, -0.2) is 30.2 Å². The summed E-state index contributed by atoms with van der Waals surface area (Å²) in [4.78, 5) is 14.1. The van der Waals surface area contributed by atoms with E-state index in [0.29, 0.717) is 25.1 Å². The first-order chi connectivity index (χ1) is 8.63. The molecule has 0 N–H and O–H groups in total. The van der Waals surface area contributed by atoms with Gasteiger partial charge in [0, 0.05) is 30.7 Å². The van der Waals surface area contributed by atoms with Crippen LogP contribution >= 0.6 is 11.8 Å². The number of carbonyl (C=O) groups is 1. The molecule has 0 spiro atoms. The van der Waals surface area contributed by atoms with Crippen LogP contribution in [-0.2, 0) is 4.79 Å². The Morgan fingerprint density at radius 3 is 2.72 bits per heavy atom. The summed E-state index contributed by atoms with van der Waals surface area (Å²) in [5, 5.41) is 8.42. The number of benzene rings is 1. The summed E-state index contributed by atoms with van der Waals surface area (Å²) < 4.78 is 12.7. The van der Waals surface area contributed by atoms with Crippen molar-refractivity contribution in [3.05, 3.63) is 30.1 Å². The van der Waals surface area contributed by atoms with E-state index in [9.17, 15) is 9.18 Å². The smallest absolute Gasteiger partial charge is 0.223 e. The molecule has 0 aliphatic heterocycles. The molecule has 0 fully saturated rings. The highest BCUT2D eigenvalue weighted by Gasteiger charge is 2.07. The van der Waals surface area contributed by atoms with Crippen molar-refractivity contribution in [3.63, 3.8) is 0 Å². The lowest BCUT2D eigenvalue weighted by molar-refractivity contribution is -0.129. The second-order valence-corrected chi connectivity index (χ2v) is 4.94. The molecule has 0 unspecified atom stereocenters. The second-order valence-electron chi connectivity index (χ2n) is 3.78. The molecule has 0 bridgehead atoms. The van der Waals surface area contributed by atoms with E-state index in [-0.39, 0.29) is 11.7 Å². The Kier molecular flexibility index (Phi) is 6.23. The third-order valence-electron chi connectivity index (χ3n) is 2.38. The van der Waals surface area contributed by atoms with Crippen LogP contribution in [0.4, 0.5) is 4.39 Å². The largest absolute Gasteiger partial charge is 0.345 e. The van der Waals surface area contributed by atoms with Crippen LogP contribution in [0.25, 0.3) is 0 Å². The Hall–Kier alpha value is -1.54. The number of hydrogen-bond acceptors (Lipinski definition) is 3. The maximum atomic E-state index is 12.7. The number of carbonyl (C=O) groups excluding carboxylic acids is 1. The standard InChI is InChI=1S/C13H15FN2OS/c1-16(9-2-8-15)13(17)7-10-18-12-5-3-11(14)4-6-12/h3-6H,2,7,9-10H2,1H3. The van der Waals surface area contributed by atoms with Gasteiger partial charge in [-0.1, -0.05) is 0 Å². The van der Waals surface area contributed by atoms with Gasteiger partial charge >= 0.3 is 0 Å². The highest BCUT2D eigenvalue weighted by Crippen LogP contribution is 2.19. The van der Waals surface area contributed by atoms with Crippen molar-refractivity contribution in [3.8, 4) is 6.07 Å². The molecule has 1 rings (SSSR count). The third-order valence-corrected chi connectivity index (χ3v) is 3.40. The van der Waals surface area contributed by atoms with Crippen molar-refractivity contribution in [1.82, 2.24) is 4.90 Å². The van der Waals surface area contributed by atoms with Crippen molar-refractivity contribution >= 4 is 17.7 Å². The molecule has 0 heterocycles. The van der Waals surface area contributed by atoms with Crippen LogP contribution in [0.15, 0.2) is 29.2 Å². The maximum absolute atomic E-state index is 12.7. The van der Waals surface area contributed by atoms with Crippen molar-refractivity contribution in [2.75, 3.05) is 19.3 Å². The minimum Gasteiger partial charge on any atom is -0.345 e. The Balaban J connectivity index is 2.27. The van der Waals surface area contributed by atoms with Gasteiger partial charge in [-0.25, -0.2) is 4.39 Å². The number of halogens is 1. The molecule has 0 saturated carbocycles. The van der Waals surface area contributed by atoms with Gasteiger partial charge in [-0.3, -0.25) is 4.79 Å². The highest BCUT2D eigenvalue weighted by atomic mass is 32.2. The van der Waals surface area contributed by atoms with E-state index in [1.807, 2.05) is 6.07 Å². The van der Waals surface area contributed by atoms with E-state index in [4.69, 9.17) is 5.26 Å². The molecule has 0 radical (unpaired) electrons. The van der Waals surface area contributed by atoms with E-state index >= 15 is 0 Å². The van der Waals surface area contributed by atoms with E-state index < -0.39 is 0 Å². The van der Waals surface area contributed by atoms with Gasteiger partial charge < -0.3 is 4.90 Å². The molecule has 0 aliphatic rings. The molecule has 1 aromatic rings. The zero-order valence-corrected chi connectivity index (χ0v) is 11.0. The van der Waals surface area contributed by atoms with Crippen LogP contribution in [0.2, 0.25) is 0 Å². The predicted molar refractivity (Wildman–Crippen MR) is 69.6 cm³/mol. The van der Waals surface area contributed by atoms with Gasteiger partial charge in [0.15, 0.2) is 0 Å². The number of amides is 1. The van der Waals surface area contributed by atoms with Crippen molar-refractivity contribution in [2.24, 2.45) is 0 Å². The third kappa shape index (κ3) is 5.19. The lowest BCUT2D eigenvalue weighted by Crippen LogP contribution is -2.27. The summed E-state index contributed by atoms with van der Waals surface area (Å²) >= 11 is 1.52. The first kappa shape index (κ1) is 14.5. The number of nitrogens with zero attached hydrogens (tertiary/aromatic N) is 2. The maximum Gasteiger partial charge on any atom is 0.223 e. The average Bonchev–Trinajstić information content (AvgIpc) is 2.38. The molecule has 5 heteroatoms. The van der Waals surface area contributed by atoms with E-state index in [1.54, 1.807) is 24.1 Å². The Bertz CT molecular complexity index is 428. The van der Waals surface area contributed by atoms with Crippen LogP contribution < -0.4 is 0 Å². The Morgan fingerprint density at radius 2 is 2.11 bits per heavy atom. The predicted octanol–water partition coefficient (Wildman–Crippen LogP) is 2.68. The fourth-order valence-corrected chi connectivity index (χ4v) is 2.16. The summed E-state index contributed by atoms with van der Waals surface area (Å²) in [6.07, 6.45) is 0.775. The van der Waals surface area contributed by atoms with Gasteiger partial charge in [0.1, 0.15) is 5.82 Å². The topological polar surface area (TPSA) is 44.1 Å². The summed E-state index contributed by atoms with van der Waals surface area (Å²) in [6.45, 7) is 0.469. The first-order valence-electron chi connectivity index (χ1n) is 5.63. The molecule has 18 heavy (non-hydrogen) atoms. The summed E-state index contributed by atoms with van der Waals surface area (Å²) in [7, 11) is 1.70. The zero-order valence-electron chi connectivity index (χ0n) is 10.2. The SMILES string of the molecule is CN(CCC#N)C(=O)CCSc1ccc(F)cc1. The van der Waals surface area contributed by atoms with Crippen molar-refractivity contribution < 1.29 is 9.18 Å². The number of hydrogen-bond donors (Lipinski definition) is 0. The molecule has 1 amide bonds. The van der Waals surface area contributed by atoms with Gasteiger partial charge in [-0.2, -0.15) is 5.26 Å². The summed E-state index contributed by atoms with van der Waals surface area (Å²) in [5.74, 6) is 0.424. The van der Waals surface area contributed by atoms with Gasteiger partial charge in [-0.05, 0) is 24.3 Å². The molecular weight excluding hydrogens is 251 g/mol. The lowest BCUT2D eigenvalue weighted by atomic mass is 10.3. The molecule has 0 saturated heterocycles. The normalized spacial score (nSPS) is 9.83. The number of rotatable bonds is 6. The molecule has 0 aliphatic carbocycles. The summed E-state index contributed by atoms with van der Waals surface area (Å²) in [6, 6.07) is 8.21. The molecule has 1 aromatic carbocycles. The number of nitriles is 1. The van der Waals surface area contributed by atoms with Gasteiger partial charge in [0.25, 0.3) is 0 Å². The van der Waals surface area contributed by atoms with E-state index in [2.05, 4.69) is 0 Å². The van der Waals surface area contributed by atoms with Crippen LogP contribution in [0.3, 0.4) is 0 Å². The molecule has 0 aromatic heterocycles. The van der Waals surface area contributed by atoms with Crippen LogP contribution in [0, 0.1) is 17.1 Å². The monoisotopic (exact) mass is 266 g/mol. The fourth-order valence-electron chi connectivity index (χ4n) is 1.32. The Labute approximate surface area is 111 Å². The molecule has 96 valence electrons. The highest BCUT2D eigenvalue weighted by molar-refractivity contribution is 7.99. The molecule has 0 atom stereocenters. The molecule has 3 nitrogen and oxygen atoms in total. The van der Waals surface area contributed by atoms with E-state index in [0.717, 1.165) is 4.90 Å². The Morgan fingerprint density at radius 1 is 1.44 bits per heavy atom. The molecular formula is C13H15FN2OS. The lowest BCUT2D eigenvalue weighted by Gasteiger charge is -2.14. The minimum atomic E-state index is -0.258. The van der Waals surface area contributed by atoms with Crippen LogP contribution in [0.1, 0.15) is 12.8 Å². The average molecular weight is 266 g/mol. The van der Waals surface area contributed by atoms with Gasteiger partial charge in [0.2, 0.25) is 5.91 Å². The van der Waals surface area contributed by atoms with Crippen LogP contribution in [0.5, 0.6) is 0 Å². The van der Waals surface area contributed by atoms with Crippen molar-refractivity contribution in [2.45, 2.75) is 17.7 Å². The summed E-state index contributed by atoms with van der Waals surface area (Å²) in [5.41, 5.74) is 0. The van der Waals surface area contributed by atoms with E-state index in [1.165, 1.54) is 23.9 Å². The minimum absolute atomic E-state index is 0.0276. The quantitative estimate of drug-likeness (QED) is 0.744. The number of thioether (sulfide) groups is 1.